The molecule has 0 aliphatic heterocycles. The molecule has 1 aromatic carbocycles. The molecule has 126 valence electrons. The van der Waals surface area contributed by atoms with Crippen molar-refractivity contribution in [3.63, 3.8) is 0 Å². The van der Waals surface area contributed by atoms with Crippen molar-refractivity contribution in [1.29, 1.82) is 0 Å². The normalized spacial score (nSPS) is 12.7. The molecule has 1 heterocycles. The van der Waals surface area contributed by atoms with Crippen LogP contribution in [0.2, 0.25) is 0 Å². The highest BCUT2D eigenvalue weighted by Crippen LogP contribution is 2.07. The molecule has 5 nitrogen and oxygen atoms in total. The summed E-state index contributed by atoms with van der Waals surface area (Å²) in [4.78, 5) is 2.17. The quantitative estimate of drug-likeness (QED) is 0.689. The number of aliphatic hydroxyl groups excluding tert-OH is 1. The third kappa shape index (κ3) is 6.97. The average Bonchev–Trinajstić information content (AvgIpc) is 3.07. The summed E-state index contributed by atoms with van der Waals surface area (Å²) in [5.41, 5.74) is 1.22. The van der Waals surface area contributed by atoms with Crippen LogP contribution in [0.1, 0.15) is 11.3 Å². The molecule has 1 atom stereocenters. The van der Waals surface area contributed by atoms with E-state index in [0.717, 1.165) is 18.8 Å². The number of nitrogens with zero attached hydrogens (tertiary/aromatic N) is 1. The molecule has 0 spiro atoms. The van der Waals surface area contributed by atoms with Gasteiger partial charge in [0.1, 0.15) is 12.4 Å². The van der Waals surface area contributed by atoms with Crippen LogP contribution in [-0.4, -0.2) is 49.5 Å². The Balaban J connectivity index is 1.76. The SMILES string of the molecule is COCCN(Cc1ccccc1)CC(O)COCc1ccco1. The topological polar surface area (TPSA) is 55.1 Å². The van der Waals surface area contributed by atoms with Gasteiger partial charge in [0, 0.05) is 26.7 Å². The predicted molar refractivity (Wildman–Crippen MR) is 88.0 cm³/mol. The largest absolute Gasteiger partial charge is 0.467 e. The molecule has 0 saturated carbocycles. The standard InChI is InChI=1S/C18H25NO4/c1-21-11-9-19(12-16-6-3-2-4-7-16)13-17(20)14-22-15-18-8-5-10-23-18/h2-8,10,17,20H,9,11-15H2,1H3. The highest BCUT2D eigenvalue weighted by molar-refractivity contribution is 5.14. The number of ether oxygens (including phenoxy) is 2. The molecular formula is C18H25NO4. The Morgan fingerprint density at radius 2 is 2.00 bits per heavy atom. The molecule has 1 aromatic heterocycles. The molecule has 2 aromatic rings. The summed E-state index contributed by atoms with van der Waals surface area (Å²) in [6.45, 7) is 3.36. The van der Waals surface area contributed by atoms with Gasteiger partial charge in [0.05, 0.1) is 25.6 Å². The molecule has 0 aliphatic carbocycles. The van der Waals surface area contributed by atoms with E-state index in [4.69, 9.17) is 13.9 Å². The molecule has 23 heavy (non-hydrogen) atoms. The van der Waals surface area contributed by atoms with Crippen molar-refractivity contribution in [3.8, 4) is 0 Å². The smallest absolute Gasteiger partial charge is 0.129 e. The summed E-state index contributed by atoms with van der Waals surface area (Å²) in [6, 6.07) is 13.9. The third-order valence-electron chi connectivity index (χ3n) is 3.46. The number of methoxy groups -OCH3 is 1. The predicted octanol–water partition coefficient (Wildman–Crippen LogP) is 2.31. The number of hydrogen-bond acceptors (Lipinski definition) is 5. The maximum absolute atomic E-state index is 10.2. The van der Waals surface area contributed by atoms with Crippen LogP contribution in [0.15, 0.2) is 53.1 Å². The van der Waals surface area contributed by atoms with Crippen LogP contribution in [0.5, 0.6) is 0 Å². The van der Waals surface area contributed by atoms with E-state index in [1.807, 2.05) is 30.3 Å². The third-order valence-corrected chi connectivity index (χ3v) is 3.46. The van der Waals surface area contributed by atoms with Crippen molar-refractivity contribution < 1.29 is 19.0 Å². The van der Waals surface area contributed by atoms with E-state index in [9.17, 15) is 5.11 Å². The zero-order chi connectivity index (χ0) is 16.3. The number of hydrogen-bond donors (Lipinski definition) is 1. The monoisotopic (exact) mass is 319 g/mol. The van der Waals surface area contributed by atoms with E-state index in [1.54, 1.807) is 13.4 Å². The van der Waals surface area contributed by atoms with Gasteiger partial charge in [-0.25, -0.2) is 0 Å². The first-order valence-electron chi connectivity index (χ1n) is 7.81. The number of rotatable bonds is 11. The second-order valence-electron chi connectivity index (χ2n) is 5.46. The molecule has 0 amide bonds. The van der Waals surface area contributed by atoms with Gasteiger partial charge in [0.15, 0.2) is 0 Å². The summed E-state index contributed by atoms with van der Waals surface area (Å²) < 4.78 is 15.8. The molecule has 1 unspecified atom stereocenters. The van der Waals surface area contributed by atoms with Gasteiger partial charge in [-0.1, -0.05) is 30.3 Å². The van der Waals surface area contributed by atoms with Gasteiger partial charge in [-0.2, -0.15) is 0 Å². The maximum Gasteiger partial charge on any atom is 0.129 e. The van der Waals surface area contributed by atoms with E-state index in [-0.39, 0.29) is 6.61 Å². The molecule has 0 radical (unpaired) electrons. The minimum absolute atomic E-state index is 0.277. The molecule has 1 N–H and O–H groups in total. The van der Waals surface area contributed by atoms with Gasteiger partial charge in [0.2, 0.25) is 0 Å². The zero-order valence-corrected chi connectivity index (χ0v) is 13.6. The lowest BCUT2D eigenvalue weighted by atomic mass is 10.2. The van der Waals surface area contributed by atoms with Crippen molar-refractivity contribution in [2.24, 2.45) is 0 Å². The highest BCUT2D eigenvalue weighted by Gasteiger charge is 2.13. The van der Waals surface area contributed by atoms with E-state index < -0.39 is 6.10 Å². The van der Waals surface area contributed by atoms with E-state index >= 15 is 0 Å². The molecule has 0 aliphatic rings. The lowest BCUT2D eigenvalue weighted by Gasteiger charge is -2.24. The molecule has 0 saturated heterocycles. The first-order chi connectivity index (χ1) is 11.3. The Morgan fingerprint density at radius 1 is 1.17 bits per heavy atom. The van der Waals surface area contributed by atoms with Gasteiger partial charge in [-0.05, 0) is 17.7 Å². The Hall–Kier alpha value is -1.66. The molecule has 5 heteroatoms. The minimum Gasteiger partial charge on any atom is -0.467 e. The highest BCUT2D eigenvalue weighted by atomic mass is 16.5. The second kappa shape index (κ2) is 10.2. The van der Waals surface area contributed by atoms with Crippen molar-refractivity contribution >= 4 is 0 Å². The summed E-state index contributed by atoms with van der Waals surface area (Å²) >= 11 is 0. The Bertz CT molecular complexity index is 515. The zero-order valence-electron chi connectivity index (χ0n) is 13.6. The van der Waals surface area contributed by atoms with Crippen molar-refractivity contribution in [2.45, 2.75) is 19.3 Å². The Kier molecular flexibility index (Phi) is 7.83. The van der Waals surface area contributed by atoms with Gasteiger partial charge in [-0.3, -0.25) is 4.90 Å². The number of furan rings is 1. The minimum atomic E-state index is -0.550. The van der Waals surface area contributed by atoms with Gasteiger partial charge >= 0.3 is 0 Å². The lowest BCUT2D eigenvalue weighted by molar-refractivity contribution is 0.000488. The fraction of sp³-hybridized carbons (Fsp3) is 0.444. The van der Waals surface area contributed by atoms with Crippen LogP contribution < -0.4 is 0 Å². The van der Waals surface area contributed by atoms with Crippen molar-refractivity contribution in [1.82, 2.24) is 4.90 Å². The average molecular weight is 319 g/mol. The van der Waals surface area contributed by atoms with Gasteiger partial charge in [0.25, 0.3) is 0 Å². The summed E-state index contributed by atoms with van der Waals surface area (Å²) in [5.74, 6) is 0.762. The van der Waals surface area contributed by atoms with Gasteiger partial charge in [-0.15, -0.1) is 0 Å². The summed E-state index contributed by atoms with van der Waals surface area (Å²) in [5, 5.41) is 10.2. The molecule has 2 rings (SSSR count). The molecule has 0 fully saturated rings. The Labute approximate surface area is 137 Å². The first kappa shape index (κ1) is 17.7. The van der Waals surface area contributed by atoms with Gasteiger partial charge < -0.3 is 19.0 Å². The van der Waals surface area contributed by atoms with E-state index in [2.05, 4.69) is 17.0 Å². The fourth-order valence-electron chi connectivity index (χ4n) is 2.34. The molecule has 0 bridgehead atoms. The van der Waals surface area contributed by atoms with Crippen molar-refractivity contribution in [3.05, 3.63) is 60.1 Å². The lowest BCUT2D eigenvalue weighted by Crippen LogP contribution is -2.36. The van der Waals surface area contributed by atoms with E-state index in [1.165, 1.54) is 5.56 Å². The summed E-state index contributed by atoms with van der Waals surface area (Å²) in [7, 11) is 1.68. The van der Waals surface area contributed by atoms with Crippen LogP contribution >= 0.6 is 0 Å². The summed E-state index contributed by atoms with van der Waals surface area (Å²) in [6.07, 6.45) is 1.06. The molecular weight excluding hydrogens is 294 g/mol. The van der Waals surface area contributed by atoms with Crippen LogP contribution in [0.4, 0.5) is 0 Å². The Morgan fingerprint density at radius 3 is 2.70 bits per heavy atom. The van der Waals surface area contributed by atoms with Crippen LogP contribution in [0.25, 0.3) is 0 Å². The van der Waals surface area contributed by atoms with Crippen LogP contribution in [0, 0.1) is 0 Å². The number of aliphatic hydroxyl groups is 1. The van der Waals surface area contributed by atoms with E-state index in [0.29, 0.717) is 19.8 Å². The fourth-order valence-corrected chi connectivity index (χ4v) is 2.34. The van der Waals surface area contributed by atoms with Crippen LogP contribution in [-0.2, 0) is 22.6 Å². The maximum atomic E-state index is 10.2. The van der Waals surface area contributed by atoms with Crippen LogP contribution in [0.3, 0.4) is 0 Å². The second-order valence-corrected chi connectivity index (χ2v) is 5.46. The first-order valence-corrected chi connectivity index (χ1v) is 7.81. The number of benzene rings is 1. The van der Waals surface area contributed by atoms with Crippen molar-refractivity contribution in [2.75, 3.05) is 33.4 Å².